The van der Waals surface area contributed by atoms with E-state index >= 15 is 0 Å². The molecule has 0 saturated heterocycles. The summed E-state index contributed by atoms with van der Waals surface area (Å²) in [6.45, 7) is 0. The first kappa shape index (κ1) is 7.12. The highest BCUT2D eigenvalue weighted by Crippen LogP contribution is 2.25. The summed E-state index contributed by atoms with van der Waals surface area (Å²) in [5.41, 5.74) is 4.38. The van der Waals surface area contributed by atoms with Gasteiger partial charge in [0.15, 0.2) is 0 Å². The molecule has 0 atom stereocenters. The molecule has 1 heterocycles. The molecule has 1 amide bonds. The first-order valence-corrected chi connectivity index (χ1v) is 3.62. The molecule has 1 aromatic rings. The van der Waals surface area contributed by atoms with Crippen LogP contribution < -0.4 is 10.8 Å². The monoisotopic (exact) mass is 164 g/mol. The van der Waals surface area contributed by atoms with Crippen molar-refractivity contribution in [3.8, 4) is 0 Å². The van der Waals surface area contributed by atoms with Crippen LogP contribution in [0.5, 0.6) is 0 Å². The zero-order valence-electron chi connectivity index (χ0n) is 6.29. The van der Waals surface area contributed by atoms with E-state index < -0.39 is 0 Å². The molecule has 1 aliphatic heterocycles. The summed E-state index contributed by atoms with van der Waals surface area (Å²) in [7, 11) is 0. The maximum atomic E-state index is 10.9. The van der Waals surface area contributed by atoms with Crippen LogP contribution in [-0.2, 0) is 11.2 Å². The van der Waals surface area contributed by atoms with Crippen LogP contribution in [0.1, 0.15) is 5.56 Å². The third-order valence-electron chi connectivity index (χ3n) is 1.86. The van der Waals surface area contributed by atoms with E-state index in [2.05, 4.69) is 5.32 Å². The number of carbonyl (C=O) groups excluding carboxylic acids is 1. The number of hydrogen-bond acceptors (Lipinski definition) is 3. The minimum absolute atomic E-state index is 0.0000831. The zero-order valence-corrected chi connectivity index (χ0v) is 6.29. The van der Waals surface area contributed by atoms with Crippen LogP contribution in [-0.4, -0.2) is 11.1 Å². The molecule has 0 bridgehead atoms. The van der Waals surface area contributed by atoms with E-state index in [4.69, 9.17) is 5.21 Å². The topological polar surface area (TPSA) is 61.4 Å². The third-order valence-corrected chi connectivity index (χ3v) is 1.86. The van der Waals surface area contributed by atoms with E-state index in [1.165, 1.54) is 0 Å². The standard InChI is InChI=1S/C8H8N2O2/c11-8-4-5-3-6(10-12)1-2-7(5)9-8/h1-3,10,12H,4H2,(H,9,11). The molecule has 0 aromatic heterocycles. The Bertz CT molecular complexity index is 336. The lowest BCUT2D eigenvalue weighted by Crippen LogP contribution is -2.03. The molecule has 62 valence electrons. The van der Waals surface area contributed by atoms with Crippen molar-refractivity contribution in [2.24, 2.45) is 0 Å². The summed E-state index contributed by atoms with van der Waals surface area (Å²) in [5.74, 6) is 0.0000831. The number of nitrogens with one attached hydrogen (secondary N) is 2. The molecule has 0 aliphatic carbocycles. The smallest absolute Gasteiger partial charge is 0.228 e. The molecule has 4 heteroatoms. The van der Waals surface area contributed by atoms with Crippen LogP contribution in [0.3, 0.4) is 0 Å². The number of amides is 1. The van der Waals surface area contributed by atoms with Crippen LogP contribution in [0.25, 0.3) is 0 Å². The van der Waals surface area contributed by atoms with Gasteiger partial charge >= 0.3 is 0 Å². The lowest BCUT2D eigenvalue weighted by atomic mass is 10.1. The maximum absolute atomic E-state index is 10.9. The predicted molar refractivity (Wildman–Crippen MR) is 44.2 cm³/mol. The van der Waals surface area contributed by atoms with Crippen molar-refractivity contribution in [1.82, 2.24) is 0 Å². The van der Waals surface area contributed by atoms with Gasteiger partial charge in [-0.05, 0) is 23.8 Å². The van der Waals surface area contributed by atoms with Crippen LogP contribution in [0.4, 0.5) is 11.4 Å². The van der Waals surface area contributed by atoms with Crippen LogP contribution in [0, 0.1) is 0 Å². The number of anilines is 2. The minimum Gasteiger partial charge on any atom is -0.326 e. The molecular formula is C8H8N2O2. The second-order valence-corrected chi connectivity index (χ2v) is 2.71. The number of carbonyl (C=O) groups is 1. The Kier molecular flexibility index (Phi) is 1.48. The number of fused-ring (bicyclic) bond motifs is 1. The lowest BCUT2D eigenvalue weighted by Gasteiger charge is -2.00. The van der Waals surface area contributed by atoms with Crippen molar-refractivity contribution < 1.29 is 10.0 Å². The molecule has 0 saturated carbocycles. The maximum Gasteiger partial charge on any atom is 0.228 e. The Morgan fingerprint density at radius 3 is 3.08 bits per heavy atom. The quantitative estimate of drug-likeness (QED) is 0.542. The van der Waals surface area contributed by atoms with Gasteiger partial charge in [-0.3, -0.25) is 15.5 Å². The Hall–Kier alpha value is -1.55. The molecule has 1 aliphatic rings. The van der Waals surface area contributed by atoms with Gasteiger partial charge in [-0.25, -0.2) is 0 Å². The van der Waals surface area contributed by atoms with Gasteiger partial charge in [-0.2, -0.15) is 0 Å². The minimum atomic E-state index is 0.0000831. The SMILES string of the molecule is O=C1Cc2cc(NO)ccc2N1. The molecule has 4 nitrogen and oxygen atoms in total. The van der Waals surface area contributed by atoms with Gasteiger partial charge in [0.2, 0.25) is 5.91 Å². The second-order valence-electron chi connectivity index (χ2n) is 2.71. The molecule has 12 heavy (non-hydrogen) atoms. The molecular weight excluding hydrogens is 156 g/mol. The van der Waals surface area contributed by atoms with Crippen LogP contribution >= 0.6 is 0 Å². The summed E-state index contributed by atoms with van der Waals surface area (Å²) in [4.78, 5) is 10.9. The summed E-state index contributed by atoms with van der Waals surface area (Å²) < 4.78 is 0. The fraction of sp³-hybridized carbons (Fsp3) is 0.125. The molecule has 1 aromatic carbocycles. The zero-order chi connectivity index (χ0) is 8.55. The van der Waals surface area contributed by atoms with Crippen LogP contribution in [0.15, 0.2) is 18.2 Å². The largest absolute Gasteiger partial charge is 0.326 e. The second kappa shape index (κ2) is 2.49. The van der Waals surface area contributed by atoms with Gasteiger partial charge in [0.25, 0.3) is 0 Å². The van der Waals surface area contributed by atoms with Gasteiger partial charge in [-0.1, -0.05) is 0 Å². The number of hydrogen-bond donors (Lipinski definition) is 3. The van der Waals surface area contributed by atoms with Crippen molar-refractivity contribution >= 4 is 17.3 Å². The highest BCUT2D eigenvalue weighted by atomic mass is 16.5. The molecule has 0 radical (unpaired) electrons. The average molecular weight is 164 g/mol. The van der Waals surface area contributed by atoms with Crippen molar-refractivity contribution in [3.63, 3.8) is 0 Å². The van der Waals surface area contributed by atoms with Crippen molar-refractivity contribution in [1.29, 1.82) is 0 Å². The van der Waals surface area contributed by atoms with Gasteiger partial charge in [0.05, 0.1) is 12.1 Å². The Balaban J connectivity index is 2.41. The Labute approximate surface area is 69.2 Å². The molecule has 0 spiro atoms. The number of rotatable bonds is 1. The highest BCUT2D eigenvalue weighted by Gasteiger charge is 2.16. The number of benzene rings is 1. The molecule has 2 rings (SSSR count). The predicted octanol–water partition coefficient (Wildman–Crippen LogP) is 0.982. The summed E-state index contributed by atoms with van der Waals surface area (Å²) in [6.07, 6.45) is 0.394. The van der Waals surface area contributed by atoms with Gasteiger partial charge < -0.3 is 5.32 Å². The highest BCUT2D eigenvalue weighted by molar-refractivity contribution is 5.99. The van der Waals surface area contributed by atoms with Gasteiger partial charge in [0, 0.05) is 5.69 Å². The fourth-order valence-electron chi connectivity index (χ4n) is 1.30. The van der Waals surface area contributed by atoms with Crippen molar-refractivity contribution in [3.05, 3.63) is 23.8 Å². The summed E-state index contributed by atoms with van der Waals surface area (Å²) >= 11 is 0. The molecule has 0 fully saturated rings. The van der Waals surface area contributed by atoms with E-state index in [0.717, 1.165) is 11.3 Å². The van der Waals surface area contributed by atoms with E-state index in [1.807, 2.05) is 5.48 Å². The average Bonchev–Trinajstić information content (AvgIpc) is 2.43. The van der Waals surface area contributed by atoms with E-state index in [1.54, 1.807) is 18.2 Å². The Morgan fingerprint density at radius 1 is 1.50 bits per heavy atom. The normalized spacial score (nSPS) is 13.9. The lowest BCUT2D eigenvalue weighted by molar-refractivity contribution is -0.115. The molecule has 3 N–H and O–H groups in total. The fourth-order valence-corrected chi connectivity index (χ4v) is 1.30. The van der Waals surface area contributed by atoms with Crippen molar-refractivity contribution in [2.45, 2.75) is 6.42 Å². The van der Waals surface area contributed by atoms with E-state index in [-0.39, 0.29) is 5.91 Å². The first-order valence-electron chi connectivity index (χ1n) is 3.62. The van der Waals surface area contributed by atoms with E-state index in [9.17, 15) is 4.79 Å². The van der Waals surface area contributed by atoms with Crippen LogP contribution in [0.2, 0.25) is 0 Å². The summed E-state index contributed by atoms with van der Waals surface area (Å²) in [6, 6.07) is 5.20. The molecule has 0 unspecified atom stereocenters. The van der Waals surface area contributed by atoms with E-state index in [0.29, 0.717) is 12.1 Å². The first-order chi connectivity index (χ1) is 5.79. The Morgan fingerprint density at radius 2 is 2.33 bits per heavy atom. The van der Waals surface area contributed by atoms with Gasteiger partial charge in [-0.15, -0.1) is 0 Å². The third kappa shape index (κ3) is 1.02. The van der Waals surface area contributed by atoms with Gasteiger partial charge in [0.1, 0.15) is 0 Å². The van der Waals surface area contributed by atoms with Crippen molar-refractivity contribution in [2.75, 3.05) is 10.8 Å². The summed E-state index contributed by atoms with van der Waals surface area (Å²) in [5, 5.41) is 11.3.